The number of likely N-dealkylation sites (tertiary alicyclic amines) is 1. The molecule has 5 heteroatoms. The highest BCUT2D eigenvalue weighted by Gasteiger charge is 2.13. The first-order chi connectivity index (χ1) is 9.24. The van der Waals surface area contributed by atoms with Gasteiger partial charge in [0.2, 0.25) is 5.88 Å². The number of aromatic nitrogens is 2. The average molecular weight is 264 g/mol. The highest BCUT2D eigenvalue weighted by atomic mass is 16.5. The van der Waals surface area contributed by atoms with Gasteiger partial charge in [-0.3, -0.25) is 4.90 Å². The quantitative estimate of drug-likeness (QED) is 0.850. The Balaban J connectivity index is 1.97. The van der Waals surface area contributed by atoms with E-state index in [0.717, 1.165) is 36.1 Å². The number of hydrogen-bond acceptors (Lipinski definition) is 5. The van der Waals surface area contributed by atoms with Crippen LogP contribution in [0, 0.1) is 6.92 Å². The Morgan fingerprint density at radius 3 is 2.63 bits per heavy atom. The summed E-state index contributed by atoms with van der Waals surface area (Å²) in [6.07, 6.45) is 3.45. The van der Waals surface area contributed by atoms with E-state index >= 15 is 0 Å². The highest BCUT2D eigenvalue weighted by Crippen LogP contribution is 2.22. The molecule has 2 rings (SSSR count). The van der Waals surface area contributed by atoms with Crippen molar-refractivity contribution in [2.75, 3.05) is 38.6 Å². The van der Waals surface area contributed by atoms with Crippen LogP contribution in [0.3, 0.4) is 0 Å². The summed E-state index contributed by atoms with van der Waals surface area (Å²) in [6.45, 7) is 8.14. The van der Waals surface area contributed by atoms with Crippen molar-refractivity contribution in [1.29, 1.82) is 0 Å². The third-order valence-electron chi connectivity index (χ3n) is 3.55. The van der Waals surface area contributed by atoms with E-state index in [4.69, 9.17) is 4.74 Å². The number of rotatable bonds is 6. The molecule has 1 aromatic heterocycles. The molecule has 1 N–H and O–H groups in total. The molecular formula is C14H24N4O. The topological polar surface area (TPSA) is 50.3 Å². The monoisotopic (exact) mass is 264 g/mol. The van der Waals surface area contributed by atoms with Gasteiger partial charge in [0.05, 0.1) is 5.56 Å². The van der Waals surface area contributed by atoms with Crippen molar-refractivity contribution >= 4 is 5.82 Å². The predicted molar refractivity (Wildman–Crippen MR) is 76.9 cm³/mol. The maximum Gasteiger partial charge on any atom is 0.221 e. The van der Waals surface area contributed by atoms with Crippen LogP contribution < -0.4 is 10.1 Å². The minimum atomic E-state index is 0.699. The number of hydrogen-bond donors (Lipinski definition) is 1. The molecule has 1 saturated heterocycles. The van der Waals surface area contributed by atoms with Gasteiger partial charge in [-0.25, -0.2) is 4.98 Å². The largest absolute Gasteiger partial charge is 0.476 e. The van der Waals surface area contributed by atoms with Crippen LogP contribution in [0.2, 0.25) is 0 Å². The first-order valence-corrected chi connectivity index (χ1v) is 7.15. The molecule has 106 valence electrons. The van der Waals surface area contributed by atoms with Gasteiger partial charge in [-0.2, -0.15) is 4.98 Å². The lowest BCUT2D eigenvalue weighted by molar-refractivity contribution is 0.230. The molecule has 0 radical (unpaired) electrons. The van der Waals surface area contributed by atoms with Crippen LogP contribution in [0.15, 0.2) is 0 Å². The van der Waals surface area contributed by atoms with Gasteiger partial charge in [0.15, 0.2) is 0 Å². The number of nitrogens with zero attached hydrogens (tertiary/aromatic N) is 3. The van der Waals surface area contributed by atoms with Gasteiger partial charge >= 0.3 is 0 Å². The van der Waals surface area contributed by atoms with Gasteiger partial charge < -0.3 is 10.1 Å². The van der Waals surface area contributed by atoms with Crippen molar-refractivity contribution in [3.05, 3.63) is 11.4 Å². The fourth-order valence-electron chi connectivity index (χ4n) is 2.36. The van der Waals surface area contributed by atoms with Crippen molar-refractivity contribution in [2.45, 2.75) is 33.1 Å². The predicted octanol–water partition coefficient (Wildman–Crippen LogP) is 1.86. The van der Waals surface area contributed by atoms with E-state index in [1.165, 1.54) is 25.9 Å². The summed E-state index contributed by atoms with van der Waals surface area (Å²) in [5.41, 5.74) is 0.987. The molecule has 0 atom stereocenters. The summed E-state index contributed by atoms with van der Waals surface area (Å²) in [5.74, 6) is 2.41. The fourth-order valence-corrected chi connectivity index (χ4v) is 2.36. The number of aryl methyl sites for hydroxylation is 1. The zero-order valence-electron chi connectivity index (χ0n) is 12.2. The summed E-state index contributed by atoms with van der Waals surface area (Å²) < 4.78 is 5.85. The molecule has 1 aliphatic heterocycles. The van der Waals surface area contributed by atoms with Crippen LogP contribution >= 0.6 is 0 Å². The van der Waals surface area contributed by atoms with Crippen LogP contribution in [0.5, 0.6) is 5.88 Å². The van der Waals surface area contributed by atoms with E-state index in [-0.39, 0.29) is 0 Å². The molecule has 19 heavy (non-hydrogen) atoms. The molecule has 0 bridgehead atoms. The highest BCUT2D eigenvalue weighted by molar-refractivity contribution is 5.48. The Bertz CT molecular complexity index is 416. The normalized spacial score (nSPS) is 15.7. The zero-order chi connectivity index (χ0) is 13.7. The Morgan fingerprint density at radius 2 is 2.00 bits per heavy atom. The summed E-state index contributed by atoms with van der Waals surface area (Å²) in [5, 5.41) is 3.10. The molecular weight excluding hydrogens is 240 g/mol. The molecule has 1 aliphatic rings. The average Bonchev–Trinajstić information content (AvgIpc) is 2.94. The second-order valence-corrected chi connectivity index (χ2v) is 4.92. The SMILES string of the molecule is CCc1nc(NC)c(C)c(OCCN2CCCC2)n1. The maximum atomic E-state index is 5.85. The molecule has 0 aromatic carbocycles. The minimum absolute atomic E-state index is 0.699. The maximum absolute atomic E-state index is 5.85. The molecule has 2 heterocycles. The zero-order valence-corrected chi connectivity index (χ0v) is 12.2. The number of nitrogens with one attached hydrogen (secondary N) is 1. The lowest BCUT2D eigenvalue weighted by Gasteiger charge is -2.16. The summed E-state index contributed by atoms with van der Waals surface area (Å²) in [7, 11) is 1.88. The van der Waals surface area contributed by atoms with Gasteiger partial charge in [0, 0.05) is 20.0 Å². The van der Waals surface area contributed by atoms with Crippen molar-refractivity contribution in [3.63, 3.8) is 0 Å². The van der Waals surface area contributed by atoms with E-state index in [9.17, 15) is 0 Å². The third kappa shape index (κ3) is 3.56. The van der Waals surface area contributed by atoms with Gasteiger partial charge in [-0.05, 0) is 32.9 Å². The Labute approximate surface area is 115 Å². The molecule has 0 unspecified atom stereocenters. The van der Waals surface area contributed by atoms with E-state index < -0.39 is 0 Å². The van der Waals surface area contributed by atoms with E-state index in [0.29, 0.717) is 6.61 Å². The minimum Gasteiger partial charge on any atom is -0.476 e. The van der Waals surface area contributed by atoms with E-state index in [1.54, 1.807) is 0 Å². The third-order valence-corrected chi connectivity index (χ3v) is 3.55. The van der Waals surface area contributed by atoms with Gasteiger partial charge in [0.25, 0.3) is 0 Å². The molecule has 0 aliphatic carbocycles. The second kappa shape index (κ2) is 6.70. The van der Waals surface area contributed by atoms with Crippen molar-refractivity contribution in [3.8, 4) is 5.88 Å². The molecule has 0 saturated carbocycles. The van der Waals surface area contributed by atoms with Crippen LogP contribution in [-0.4, -0.2) is 48.2 Å². The first-order valence-electron chi connectivity index (χ1n) is 7.15. The molecule has 1 fully saturated rings. The van der Waals surface area contributed by atoms with Crippen molar-refractivity contribution < 1.29 is 4.74 Å². The van der Waals surface area contributed by atoms with Crippen LogP contribution in [0.25, 0.3) is 0 Å². The first kappa shape index (κ1) is 14.1. The molecule has 1 aromatic rings. The van der Waals surface area contributed by atoms with Gasteiger partial charge in [-0.15, -0.1) is 0 Å². The summed E-state index contributed by atoms with van der Waals surface area (Å²) in [4.78, 5) is 11.4. The van der Waals surface area contributed by atoms with Gasteiger partial charge in [0.1, 0.15) is 18.2 Å². The lowest BCUT2D eigenvalue weighted by Crippen LogP contribution is -2.25. The number of ether oxygens (including phenoxy) is 1. The fraction of sp³-hybridized carbons (Fsp3) is 0.714. The Kier molecular flexibility index (Phi) is 4.96. The van der Waals surface area contributed by atoms with Gasteiger partial charge in [-0.1, -0.05) is 6.92 Å². The molecule has 5 nitrogen and oxygen atoms in total. The summed E-state index contributed by atoms with van der Waals surface area (Å²) >= 11 is 0. The van der Waals surface area contributed by atoms with Crippen LogP contribution in [0.4, 0.5) is 5.82 Å². The standard InChI is InChI=1S/C14H24N4O/c1-4-12-16-13(15-3)11(2)14(17-12)19-10-9-18-7-5-6-8-18/h4-10H2,1-3H3,(H,15,16,17). The van der Waals surface area contributed by atoms with Crippen LogP contribution in [0.1, 0.15) is 31.2 Å². The van der Waals surface area contributed by atoms with Crippen LogP contribution in [-0.2, 0) is 6.42 Å². The second-order valence-electron chi connectivity index (χ2n) is 4.92. The van der Waals surface area contributed by atoms with Crippen molar-refractivity contribution in [1.82, 2.24) is 14.9 Å². The van der Waals surface area contributed by atoms with E-state index in [2.05, 4.69) is 27.1 Å². The van der Waals surface area contributed by atoms with E-state index in [1.807, 2.05) is 14.0 Å². The Morgan fingerprint density at radius 1 is 1.26 bits per heavy atom. The molecule has 0 spiro atoms. The van der Waals surface area contributed by atoms with Crippen molar-refractivity contribution in [2.24, 2.45) is 0 Å². The Hall–Kier alpha value is -1.36. The molecule has 0 amide bonds. The number of anilines is 1. The lowest BCUT2D eigenvalue weighted by atomic mass is 10.3. The summed E-state index contributed by atoms with van der Waals surface area (Å²) in [6, 6.07) is 0. The smallest absolute Gasteiger partial charge is 0.221 e.